The molecule has 0 aliphatic carbocycles. The van der Waals surface area contributed by atoms with Crippen molar-refractivity contribution in [3.8, 4) is 0 Å². The summed E-state index contributed by atoms with van der Waals surface area (Å²) in [6, 6.07) is 18.1. The van der Waals surface area contributed by atoms with Crippen LogP contribution < -0.4 is 5.32 Å². The van der Waals surface area contributed by atoms with E-state index in [2.05, 4.69) is 5.32 Å². The zero-order valence-electron chi connectivity index (χ0n) is 17.8. The molecule has 2 amide bonds. The second-order valence-corrected chi connectivity index (χ2v) is 9.77. The van der Waals surface area contributed by atoms with Gasteiger partial charge in [-0.1, -0.05) is 72.4 Å². The van der Waals surface area contributed by atoms with Gasteiger partial charge in [-0.15, -0.1) is 11.8 Å². The van der Waals surface area contributed by atoms with E-state index >= 15 is 0 Å². The highest BCUT2D eigenvalue weighted by atomic mass is 32.2. The Kier molecular flexibility index (Phi) is 7.20. The summed E-state index contributed by atoms with van der Waals surface area (Å²) in [5, 5.41) is 2.06. The van der Waals surface area contributed by atoms with E-state index in [1.54, 1.807) is 0 Å². The summed E-state index contributed by atoms with van der Waals surface area (Å²) in [5.41, 5.74) is 2.43. The topological polar surface area (TPSA) is 92.8 Å². The molecule has 2 aromatic rings. The van der Waals surface area contributed by atoms with E-state index in [1.807, 2.05) is 60.7 Å². The van der Waals surface area contributed by atoms with Gasteiger partial charge in [0.25, 0.3) is 5.91 Å². The largest absolute Gasteiger partial charge is 0.448 e. The van der Waals surface area contributed by atoms with Crippen LogP contribution in [-0.2, 0) is 23.9 Å². The van der Waals surface area contributed by atoms with Crippen molar-refractivity contribution in [2.45, 2.75) is 24.4 Å². The SMILES string of the molecule is CC(=O)SCC1=C(C(=O)OC(c2ccccc2)c2ccccc2)N2C(=O)[C@@H](NC=O)[C@H]2SC1. The van der Waals surface area contributed by atoms with E-state index in [1.165, 1.54) is 23.6 Å². The molecular formula is C24H22N2O5S2. The fraction of sp³-hybridized carbons (Fsp3) is 0.250. The number of esters is 1. The third-order valence-electron chi connectivity index (χ3n) is 5.37. The number of β-lactam (4-membered cyclic amide) rings is 1. The number of rotatable bonds is 8. The molecule has 0 bridgehead atoms. The Morgan fingerprint density at radius 3 is 2.30 bits per heavy atom. The van der Waals surface area contributed by atoms with Crippen LogP contribution in [0.2, 0.25) is 0 Å². The van der Waals surface area contributed by atoms with Gasteiger partial charge in [0.15, 0.2) is 11.2 Å². The molecule has 1 N–H and O–H groups in total. The maximum atomic E-state index is 13.5. The quantitative estimate of drug-likeness (QED) is 0.351. The molecule has 2 atom stereocenters. The van der Waals surface area contributed by atoms with Gasteiger partial charge in [0.1, 0.15) is 17.1 Å². The summed E-state index contributed by atoms with van der Waals surface area (Å²) >= 11 is 2.53. The third kappa shape index (κ3) is 4.84. The minimum atomic E-state index is -0.684. The molecule has 7 nitrogen and oxygen atoms in total. The molecule has 33 heavy (non-hydrogen) atoms. The average molecular weight is 483 g/mol. The van der Waals surface area contributed by atoms with Gasteiger partial charge in [0, 0.05) is 18.4 Å². The Morgan fingerprint density at radius 1 is 1.15 bits per heavy atom. The summed E-state index contributed by atoms with van der Waals surface area (Å²) in [5.74, 6) is -0.254. The number of ether oxygens (including phenoxy) is 1. The highest BCUT2D eigenvalue weighted by molar-refractivity contribution is 8.13. The summed E-state index contributed by atoms with van der Waals surface area (Å²) in [7, 11) is 0. The van der Waals surface area contributed by atoms with Crippen LogP contribution in [0, 0.1) is 0 Å². The van der Waals surface area contributed by atoms with Gasteiger partial charge in [-0.2, -0.15) is 0 Å². The molecule has 4 rings (SSSR count). The van der Waals surface area contributed by atoms with Crippen LogP contribution >= 0.6 is 23.5 Å². The van der Waals surface area contributed by atoms with Gasteiger partial charge < -0.3 is 10.1 Å². The van der Waals surface area contributed by atoms with Crippen LogP contribution in [0.25, 0.3) is 0 Å². The lowest BCUT2D eigenvalue weighted by Crippen LogP contribution is -2.69. The zero-order valence-corrected chi connectivity index (χ0v) is 19.4. The number of amides is 2. The Labute approximate surface area is 199 Å². The van der Waals surface area contributed by atoms with Crippen LogP contribution in [0.3, 0.4) is 0 Å². The van der Waals surface area contributed by atoms with Crippen molar-refractivity contribution < 1.29 is 23.9 Å². The van der Waals surface area contributed by atoms with Crippen LogP contribution in [0.4, 0.5) is 0 Å². The minimum Gasteiger partial charge on any atom is -0.448 e. The molecule has 2 heterocycles. The molecule has 170 valence electrons. The lowest BCUT2D eigenvalue weighted by molar-refractivity contribution is -0.154. The molecule has 9 heteroatoms. The predicted octanol–water partition coefficient (Wildman–Crippen LogP) is 2.88. The van der Waals surface area contributed by atoms with E-state index in [9.17, 15) is 19.2 Å². The van der Waals surface area contributed by atoms with Gasteiger partial charge in [-0.25, -0.2) is 4.79 Å². The van der Waals surface area contributed by atoms with E-state index in [0.29, 0.717) is 17.7 Å². The summed E-state index contributed by atoms with van der Waals surface area (Å²) < 4.78 is 6.01. The van der Waals surface area contributed by atoms with Crippen molar-refractivity contribution in [1.82, 2.24) is 10.2 Å². The molecule has 0 aromatic heterocycles. The van der Waals surface area contributed by atoms with E-state index in [4.69, 9.17) is 4.74 Å². The van der Waals surface area contributed by atoms with E-state index in [0.717, 1.165) is 22.9 Å². The Bertz CT molecular complexity index is 1050. The predicted molar refractivity (Wildman–Crippen MR) is 127 cm³/mol. The molecule has 2 aliphatic rings. The van der Waals surface area contributed by atoms with Gasteiger partial charge in [0.05, 0.1) is 0 Å². The fourth-order valence-corrected chi connectivity index (χ4v) is 5.91. The van der Waals surface area contributed by atoms with Crippen LogP contribution in [0.5, 0.6) is 0 Å². The monoisotopic (exact) mass is 482 g/mol. The van der Waals surface area contributed by atoms with Crippen LogP contribution in [0.15, 0.2) is 71.9 Å². The highest BCUT2D eigenvalue weighted by Crippen LogP contribution is 2.42. The van der Waals surface area contributed by atoms with Crippen molar-refractivity contribution in [1.29, 1.82) is 0 Å². The molecule has 1 saturated heterocycles. The first-order chi connectivity index (χ1) is 16.0. The Morgan fingerprint density at radius 2 is 1.76 bits per heavy atom. The first-order valence-electron chi connectivity index (χ1n) is 10.3. The number of thioether (sulfide) groups is 2. The number of hydrogen-bond acceptors (Lipinski definition) is 7. The zero-order chi connectivity index (χ0) is 23.4. The summed E-state index contributed by atoms with van der Waals surface area (Å²) in [4.78, 5) is 50.2. The van der Waals surface area contributed by atoms with Gasteiger partial charge >= 0.3 is 5.97 Å². The Hall–Kier alpha value is -3.04. The Balaban J connectivity index is 1.68. The molecule has 0 saturated carbocycles. The van der Waals surface area contributed by atoms with Gasteiger partial charge in [-0.05, 0) is 16.7 Å². The first-order valence-corrected chi connectivity index (χ1v) is 12.4. The molecular weight excluding hydrogens is 460 g/mol. The molecule has 2 aromatic carbocycles. The van der Waals surface area contributed by atoms with Crippen molar-refractivity contribution >= 4 is 46.9 Å². The van der Waals surface area contributed by atoms with Crippen molar-refractivity contribution in [3.63, 3.8) is 0 Å². The standard InChI is InChI=1S/C24H22N2O5S2/c1-15(28)32-12-18-13-33-23-19(25-14-27)22(29)26(23)20(18)24(30)31-21(16-8-4-2-5-9-16)17-10-6-3-7-11-17/h2-11,14,19,21,23H,12-13H2,1H3,(H,25,27)/t19-,23-/m1/s1. The lowest BCUT2D eigenvalue weighted by Gasteiger charge is -2.49. The normalized spacial score (nSPS) is 19.6. The fourth-order valence-electron chi connectivity index (χ4n) is 3.81. The van der Waals surface area contributed by atoms with Crippen LogP contribution in [0.1, 0.15) is 24.2 Å². The number of nitrogens with one attached hydrogen (secondary N) is 1. The summed E-state index contributed by atoms with van der Waals surface area (Å²) in [6.07, 6.45) is -0.174. The maximum Gasteiger partial charge on any atom is 0.356 e. The number of nitrogens with zero attached hydrogens (tertiary/aromatic N) is 1. The molecule has 0 spiro atoms. The maximum absolute atomic E-state index is 13.5. The second kappa shape index (κ2) is 10.3. The van der Waals surface area contributed by atoms with E-state index in [-0.39, 0.29) is 27.8 Å². The number of carbonyl (C=O) groups excluding carboxylic acids is 4. The average Bonchev–Trinajstić information content (AvgIpc) is 2.84. The summed E-state index contributed by atoms with van der Waals surface area (Å²) in [6.45, 7) is 1.46. The lowest BCUT2D eigenvalue weighted by atomic mass is 10.0. The van der Waals surface area contributed by atoms with Crippen LogP contribution in [-0.4, -0.2) is 51.2 Å². The molecule has 1 fully saturated rings. The van der Waals surface area contributed by atoms with Gasteiger partial charge in [-0.3, -0.25) is 19.3 Å². The first kappa shape index (κ1) is 23.1. The second-order valence-electron chi connectivity index (χ2n) is 7.51. The van der Waals surface area contributed by atoms with E-state index < -0.39 is 18.1 Å². The molecule has 2 aliphatic heterocycles. The number of benzene rings is 2. The number of fused-ring (bicyclic) bond motifs is 1. The number of carbonyl (C=O) groups is 4. The smallest absolute Gasteiger partial charge is 0.356 e. The van der Waals surface area contributed by atoms with Gasteiger partial charge in [0.2, 0.25) is 6.41 Å². The molecule has 0 unspecified atom stereocenters. The third-order valence-corrected chi connectivity index (χ3v) is 7.61. The highest BCUT2D eigenvalue weighted by Gasteiger charge is 2.54. The van der Waals surface area contributed by atoms with Crippen molar-refractivity contribution in [3.05, 3.63) is 83.1 Å². The minimum absolute atomic E-state index is 0.0794. The number of hydrogen-bond donors (Lipinski definition) is 1. The van der Waals surface area contributed by atoms with Crippen molar-refractivity contribution in [2.75, 3.05) is 11.5 Å². The molecule has 0 radical (unpaired) electrons. The van der Waals surface area contributed by atoms with Crippen molar-refractivity contribution in [2.24, 2.45) is 0 Å².